The summed E-state index contributed by atoms with van der Waals surface area (Å²) >= 11 is 0. The SMILES string of the molecule is CC[C@](C)(Oc1ccc(CCCOS(C)(=O)=O)cc1)C(=O)O. The molecule has 0 heterocycles. The molecular weight excluding hydrogens is 308 g/mol. The van der Waals surface area contributed by atoms with Gasteiger partial charge in [-0.05, 0) is 43.9 Å². The highest BCUT2D eigenvalue weighted by Crippen LogP contribution is 2.22. The number of hydrogen-bond donors (Lipinski definition) is 1. The summed E-state index contributed by atoms with van der Waals surface area (Å²) in [6.45, 7) is 3.43. The van der Waals surface area contributed by atoms with Crippen molar-refractivity contribution in [1.29, 1.82) is 0 Å². The van der Waals surface area contributed by atoms with E-state index in [1.807, 2.05) is 12.1 Å². The quantitative estimate of drug-likeness (QED) is 0.551. The van der Waals surface area contributed by atoms with Crippen LogP contribution in [0.1, 0.15) is 32.3 Å². The summed E-state index contributed by atoms with van der Waals surface area (Å²) in [6.07, 6.45) is 2.62. The van der Waals surface area contributed by atoms with Gasteiger partial charge in [0.2, 0.25) is 5.60 Å². The first kappa shape index (κ1) is 18.4. The second kappa shape index (κ2) is 7.60. The van der Waals surface area contributed by atoms with Crippen LogP contribution in [-0.2, 0) is 25.5 Å². The van der Waals surface area contributed by atoms with Crippen molar-refractivity contribution in [2.45, 2.75) is 38.7 Å². The van der Waals surface area contributed by atoms with Crippen LogP contribution in [0.4, 0.5) is 0 Å². The number of aryl methyl sites for hydroxylation is 1. The van der Waals surface area contributed by atoms with Gasteiger partial charge in [0.25, 0.3) is 10.1 Å². The molecule has 0 amide bonds. The number of ether oxygens (including phenoxy) is 1. The molecule has 1 N–H and O–H groups in total. The van der Waals surface area contributed by atoms with Gasteiger partial charge in [-0.25, -0.2) is 4.79 Å². The van der Waals surface area contributed by atoms with Crippen molar-refractivity contribution < 1.29 is 27.2 Å². The maximum Gasteiger partial charge on any atom is 0.347 e. The van der Waals surface area contributed by atoms with Crippen LogP contribution in [0.25, 0.3) is 0 Å². The molecule has 0 aliphatic heterocycles. The molecule has 0 aromatic heterocycles. The average Bonchev–Trinajstić information content (AvgIpc) is 2.44. The molecule has 1 aromatic rings. The predicted octanol–water partition coefficient (Wildman–Crippen LogP) is 2.23. The molecule has 0 saturated carbocycles. The van der Waals surface area contributed by atoms with Gasteiger partial charge >= 0.3 is 5.97 Å². The summed E-state index contributed by atoms with van der Waals surface area (Å²) in [5, 5.41) is 9.17. The Morgan fingerprint density at radius 1 is 1.27 bits per heavy atom. The van der Waals surface area contributed by atoms with E-state index in [1.165, 1.54) is 6.92 Å². The standard InChI is InChI=1S/C15H22O6S/c1-4-15(2,14(16)17)21-13-9-7-12(8-10-13)6-5-11-20-22(3,18)19/h7-10H,4-6,11H2,1-3H3,(H,16,17)/t15-/m0/s1. The Morgan fingerprint density at radius 2 is 1.86 bits per heavy atom. The van der Waals surface area contributed by atoms with Gasteiger partial charge in [-0.1, -0.05) is 19.1 Å². The summed E-state index contributed by atoms with van der Waals surface area (Å²) in [5.41, 5.74) is -0.247. The van der Waals surface area contributed by atoms with Crippen molar-refractivity contribution in [3.63, 3.8) is 0 Å². The third-order valence-electron chi connectivity index (χ3n) is 3.30. The van der Waals surface area contributed by atoms with Gasteiger partial charge in [0.1, 0.15) is 5.75 Å². The highest BCUT2D eigenvalue weighted by atomic mass is 32.2. The fraction of sp³-hybridized carbons (Fsp3) is 0.533. The van der Waals surface area contributed by atoms with Gasteiger partial charge in [0.05, 0.1) is 12.9 Å². The van der Waals surface area contributed by atoms with Crippen LogP contribution < -0.4 is 4.74 Å². The molecule has 124 valence electrons. The highest BCUT2D eigenvalue weighted by Gasteiger charge is 2.33. The molecule has 6 nitrogen and oxygen atoms in total. The molecule has 0 bridgehead atoms. The number of carboxylic acids is 1. The van der Waals surface area contributed by atoms with E-state index in [2.05, 4.69) is 4.18 Å². The number of benzene rings is 1. The average molecular weight is 330 g/mol. The lowest BCUT2D eigenvalue weighted by molar-refractivity contribution is -0.154. The van der Waals surface area contributed by atoms with Crippen molar-refractivity contribution in [3.8, 4) is 5.75 Å². The van der Waals surface area contributed by atoms with Crippen LogP contribution >= 0.6 is 0 Å². The first-order valence-corrected chi connectivity index (χ1v) is 8.83. The third kappa shape index (κ3) is 6.03. The van der Waals surface area contributed by atoms with E-state index in [9.17, 15) is 13.2 Å². The van der Waals surface area contributed by atoms with Crippen LogP contribution in [-0.4, -0.2) is 38.0 Å². The van der Waals surface area contributed by atoms with E-state index in [0.717, 1.165) is 11.8 Å². The van der Waals surface area contributed by atoms with Crippen LogP contribution in [0.5, 0.6) is 5.75 Å². The second-order valence-corrected chi connectivity index (χ2v) is 6.91. The molecule has 7 heteroatoms. The lowest BCUT2D eigenvalue weighted by Crippen LogP contribution is -2.40. The van der Waals surface area contributed by atoms with E-state index in [0.29, 0.717) is 25.0 Å². The summed E-state index contributed by atoms with van der Waals surface area (Å²) in [5.74, 6) is -0.514. The molecule has 22 heavy (non-hydrogen) atoms. The molecule has 0 aliphatic rings. The summed E-state index contributed by atoms with van der Waals surface area (Å²) in [7, 11) is -3.39. The molecule has 1 atom stereocenters. The molecule has 0 fully saturated rings. The van der Waals surface area contributed by atoms with E-state index in [-0.39, 0.29) is 6.61 Å². The van der Waals surface area contributed by atoms with Gasteiger partial charge in [-0.3, -0.25) is 4.18 Å². The lowest BCUT2D eigenvalue weighted by atomic mass is 10.0. The van der Waals surface area contributed by atoms with Crippen LogP contribution in [0.3, 0.4) is 0 Å². The number of rotatable bonds is 9. The molecule has 0 radical (unpaired) electrons. The van der Waals surface area contributed by atoms with Gasteiger partial charge in [0, 0.05) is 0 Å². The Morgan fingerprint density at radius 3 is 2.32 bits per heavy atom. The fourth-order valence-electron chi connectivity index (χ4n) is 1.74. The van der Waals surface area contributed by atoms with E-state index in [1.54, 1.807) is 19.1 Å². The molecule has 0 unspecified atom stereocenters. The van der Waals surface area contributed by atoms with Crippen LogP contribution in [0, 0.1) is 0 Å². The monoisotopic (exact) mass is 330 g/mol. The Kier molecular flexibility index (Phi) is 6.37. The van der Waals surface area contributed by atoms with Crippen molar-refractivity contribution in [3.05, 3.63) is 29.8 Å². The fourth-order valence-corrected chi connectivity index (χ4v) is 2.16. The minimum absolute atomic E-state index is 0.143. The Balaban J connectivity index is 2.55. The number of carboxylic acid groups (broad SMARTS) is 1. The van der Waals surface area contributed by atoms with Gasteiger partial charge in [-0.2, -0.15) is 8.42 Å². The topological polar surface area (TPSA) is 89.9 Å². The minimum atomic E-state index is -3.39. The number of aliphatic carboxylic acids is 1. The lowest BCUT2D eigenvalue weighted by Gasteiger charge is -2.24. The number of carbonyl (C=O) groups is 1. The molecule has 0 saturated heterocycles. The normalized spacial score (nSPS) is 14.3. The molecule has 1 rings (SSSR count). The van der Waals surface area contributed by atoms with Crippen molar-refractivity contribution >= 4 is 16.1 Å². The number of hydrogen-bond acceptors (Lipinski definition) is 5. The largest absolute Gasteiger partial charge is 0.478 e. The predicted molar refractivity (Wildman–Crippen MR) is 82.5 cm³/mol. The summed E-state index contributed by atoms with van der Waals surface area (Å²) in [6, 6.07) is 7.08. The van der Waals surface area contributed by atoms with E-state index < -0.39 is 21.7 Å². The van der Waals surface area contributed by atoms with E-state index >= 15 is 0 Å². The Hall–Kier alpha value is -1.60. The van der Waals surface area contributed by atoms with E-state index in [4.69, 9.17) is 9.84 Å². The zero-order chi connectivity index (χ0) is 16.8. The van der Waals surface area contributed by atoms with Crippen LogP contribution in [0.15, 0.2) is 24.3 Å². The molecule has 1 aromatic carbocycles. The van der Waals surface area contributed by atoms with Gasteiger partial charge in [-0.15, -0.1) is 0 Å². The smallest absolute Gasteiger partial charge is 0.347 e. The maximum atomic E-state index is 11.2. The molecule has 0 aliphatic carbocycles. The summed E-state index contributed by atoms with van der Waals surface area (Å²) < 4.78 is 31.8. The minimum Gasteiger partial charge on any atom is -0.478 e. The third-order valence-corrected chi connectivity index (χ3v) is 3.90. The van der Waals surface area contributed by atoms with Crippen LogP contribution in [0.2, 0.25) is 0 Å². The zero-order valence-corrected chi connectivity index (χ0v) is 13.9. The molecular formula is C15H22O6S. The maximum absolute atomic E-state index is 11.2. The molecule has 0 spiro atoms. The zero-order valence-electron chi connectivity index (χ0n) is 13.0. The first-order valence-electron chi connectivity index (χ1n) is 7.02. The summed E-state index contributed by atoms with van der Waals surface area (Å²) in [4.78, 5) is 11.2. The highest BCUT2D eigenvalue weighted by molar-refractivity contribution is 7.85. The van der Waals surface area contributed by atoms with Crippen molar-refractivity contribution in [2.75, 3.05) is 12.9 Å². The first-order chi connectivity index (χ1) is 10.2. The van der Waals surface area contributed by atoms with Crippen molar-refractivity contribution in [1.82, 2.24) is 0 Å². The van der Waals surface area contributed by atoms with Gasteiger partial charge < -0.3 is 9.84 Å². The van der Waals surface area contributed by atoms with Gasteiger partial charge in [0.15, 0.2) is 0 Å². The van der Waals surface area contributed by atoms with Crippen molar-refractivity contribution in [2.24, 2.45) is 0 Å². The Labute approximate surface area is 131 Å². The second-order valence-electron chi connectivity index (χ2n) is 5.27. The Bertz CT molecular complexity index is 593.